The Morgan fingerprint density at radius 3 is 2.19 bits per heavy atom. The van der Waals surface area contributed by atoms with E-state index in [0.717, 1.165) is 5.92 Å². The van der Waals surface area contributed by atoms with E-state index in [9.17, 15) is 13.2 Å². The predicted molar refractivity (Wildman–Crippen MR) is 52.4 cm³/mol. The number of rotatable bonds is 2. The normalized spacial score (nSPS) is 24.8. The van der Waals surface area contributed by atoms with Gasteiger partial charge in [-0.25, -0.2) is 4.79 Å². The van der Waals surface area contributed by atoms with Crippen LogP contribution in [0.1, 0.15) is 32.6 Å². The minimum Gasteiger partial charge on any atom is -0.475 e. The number of carboxylic acid groups (broad SMARTS) is 1. The molecule has 0 amide bonds. The summed E-state index contributed by atoms with van der Waals surface area (Å²) >= 11 is 0. The van der Waals surface area contributed by atoms with Crippen molar-refractivity contribution in [2.75, 3.05) is 0 Å². The fourth-order valence-electron chi connectivity index (χ4n) is 1.60. The Bertz CT molecular complexity index is 211. The summed E-state index contributed by atoms with van der Waals surface area (Å²) in [6.07, 6.45) is 0.158. The van der Waals surface area contributed by atoms with Crippen LogP contribution in [0.4, 0.5) is 13.2 Å². The van der Waals surface area contributed by atoms with Gasteiger partial charge in [0.05, 0.1) is 0 Å². The molecule has 0 aromatic rings. The van der Waals surface area contributed by atoms with E-state index in [1.165, 1.54) is 25.7 Å². The average Bonchev–Trinajstić information content (AvgIpc) is 2.64. The summed E-state index contributed by atoms with van der Waals surface area (Å²) in [6.45, 7) is 2.25. The zero-order valence-electron chi connectivity index (χ0n) is 9.05. The Labute approximate surface area is 92.0 Å². The van der Waals surface area contributed by atoms with Crippen LogP contribution in [0.5, 0.6) is 0 Å². The first kappa shape index (κ1) is 15.2. The molecule has 0 aromatic carbocycles. The summed E-state index contributed by atoms with van der Waals surface area (Å²) in [7, 11) is 0. The van der Waals surface area contributed by atoms with E-state index in [-0.39, 0.29) is 0 Å². The fraction of sp³-hybridized carbons (Fsp3) is 0.889. The SMILES string of the molecule is CCC1CCC(NN)C1.O=C(O)C(F)(F)F. The first-order valence-electron chi connectivity index (χ1n) is 5.07. The number of carbonyl (C=O) groups is 1. The number of carboxylic acids is 1. The molecule has 0 aromatic heterocycles. The first-order chi connectivity index (χ1) is 7.31. The number of hydrogen-bond acceptors (Lipinski definition) is 3. The maximum atomic E-state index is 10.6. The van der Waals surface area contributed by atoms with Gasteiger partial charge in [-0.15, -0.1) is 0 Å². The molecular weight excluding hydrogens is 225 g/mol. The van der Waals surface area contributed by atoms with Crippen LogP contribution >= 0.6 is 0 Å². The third-order valence-corrected chi connectivity index (χ3v) is 2.60. The second kappa shape index (κ2) is 6.70. The van der Waals surface area contributed by atoms with Crippen LogP contribution in [-0.2, 0) is 4.79 Å². The van der Waals surface area contributed by atoms with Gasteiger partial charge in [0.15, 0.2) is 0 Å². The Balaban J connectivity index is 0.000000293. The maximum Gasteiger partial charge on any atom is 0.490 e. The van der Waals surface area contributed by atoms with Gasteiger partial charge in [0.1, 0.15) is 0 Å². The van der Waals surface area contributed by atoms with Crippen molar-refractivity contribution >= 4 is 5.97 Å². The van der Waals surface area contributed by atoms with Crippen molar-refractivity contribution in [3.63, 3.8) is 0 Å². The van der Waals surface area contributed by atoms with E-state index in [0.29, 0.717) is 6.04 Å². The number of hydrazine groups is 1. The molecule has 1 aliphatic carbocycles. The number of nitrogens with two attached hydrogens (primary N) is 1. The number of aliphatic carboxylic acids is 1. The van der Waals surface area contributed by atoms with Crippen molar-refractivity contribution in [3.8, 4) is 0 Å². The highest BCUT2D eigenvalue weighted by Crippen LogP contribution is 2.27. The summed E-state index contributed by atoms with van der Waals surface area (Å²) in [5, 5.41) is 7.12. The summed E-state index contributed by atoms with van der Waals surface area (Å²) in [4.78, 5) is 8.90. The van der Waals surface area contributed by atoms with Gasteiger partial charge < -0.3 is 5.11 Å². The topological polar surface area (TPSA) is 75.3 Å². The molecule has 0 spiro atoms. The minimum atomic E-state index is -5.08. The third-order valence-electron chi connectivity index (χ3n) is 2.60. The molecule has 4 nitrogen and oxygen atoms in total. The monoisotopic (exact) mass is 242 g/mol. The maximum absolute atomic E-state index is 10.6. The van der Waals surface area contributed by atoms with Gasteiger partial charge in [-0.05, 0) is 25.2 Å². The molecule has 0 radical (unpaired) electrons. The van der Waals surface area contributed by atoms with Crippen LogP contribution in [0.15, 0.2) is 0 Å². The Morgan fingerprint density at radius 2 is 2.00 bits per heavy atom. The lowest BCUT2D eigenvalue weighted by molar-refractivity contribution is -0.192. The molecule has 1 fully saturated rings. The van der Waals surface area contributed by atoms with E-state index in [1.807, 2.05) is 0 Å². The summed E-state index contributed by atoms with van der Waals surface area (Å²) < 4.78 is 31.7. The molecule has 0 aliphatic heterocycles. The van der Waals surface area contributed by atoms with Gasteiger partial charge in [0.2, 0.25) is 0 Å². The molecule has 0 saturated heterocycles. The quantitative estimate of drug-likeness (QED) is 0.508. The van der Waals surface area contributed by atoms with Crippen molar-refractivity contribution in [1.82, 2.24) is 5.43 Å². The van der Waals surface area contributed by atoms with Crippen LogP contribution in [0.25, 0.3) is 0 Å². The van der Waals surface area contributed by atoms with Crippen LogP contribution in [0.2, 0.25) is 0 Å². The molecule has 2 atom stereocenters. The molecular formula is C9H17F3N2O2. The third kappa shape index (κ3) is 5.92. The minimum absolute atomic E-state index is 0.606. The van der Waals surface area contributed by atoms with Crippen molar-refractivity contribution in [2.45, 2.75) is 44.8 Å². The van der Waals surface area contributed by atoms with Gasteiger partial charge in [-0.2, -0.15) is 13.2 Å². The Kier molecular flexibility index (Phi) is 6.35. The predicted octanol–water partition coefficient (Wildman–Crippen LogP) is 1.66. The summed E-state index contributed by atoms with van der Waals surface area (Å²) in [5.41, 5.74) is 2.83. The zero-order chi connectivity index (χ0) is 12.8. The second-order valence-corrected chi connectivity index (χ2v) is 3.75. The van der Waals surface area contributed by atoms with Gasteiger partial charge >= 0.3 is 12.1 Å². The van der Waals surface area contributed by atoms with Crippen molar-refractivity contribution in [1.29, 1.82) is 0 Å². The molecule has 0 heterocycles. The molecule has 2 unspecified atom stereocenters. The highest BCUT2D eigenvalue weighted by Gasteiger charge is 2.38. The zero-order valence-corrected chi connectivity index (χ0v) is 9.05. The molecule has 1 saturated carbocycles. The second-order valence-electron chi connectivity index (χ2n) is 3.75. The Hall–Kier alpha value is -0.820. The van der Waals surface area contributed by atoms with Crippen LogP contribution < -0.4 is 11.3 Å². The Morgan fingerprint density at radius 1 is 1.50 bits per heavy atom. The van der Waals surface area contributed by atoms with Gasteiger partial charge in [0, 0.05) is 6.04 Å². The number of hydrogen-bond donors (Lipinski definition) is 3. The molecule has 16 heavy (non-hydrogen) atoms. The van der Waals surface area contributed by atoms with Crippen molar-refractivity contribution in [3.05, 3.63) is 0 Å². The molecule has 0 bridgehead atoms. The van der Waals surface area contributed by atoms with E-state index in [4.69, 9.17) is 15.7 Å². The number of halogens is 3. The van der Waals surface area contributed by atoms with Gasteiger partial charge in [-0.3, -0.25) is 11.3 Å². The molecule has 7 heteroatoms. The van der Waals surface area contributed by atoms with Crippen LogP contribution in [-0.4, -0.2) is 23.3 Å². The van der Waals surface area contributed by atoms with Crippen molar-refractivity contribution < 1.29 is 23.1 Å². The number of nitrogens with one attached hydrogen (secondary N) is 1. The van der Waals surface area contributed by atoms with E-state index >= 15 is 0 Å². The smallest absolute Gasteiger partial charge is 0.475 e. The van der Waals surface area contributed by atoms with E-state index < -0.39 is 12.1 Å². The lowest BCUT2D eigenvalue weighted by Gasteiger charge is -2.06. The number of alkyl halides is 3. The first-order valence-corrected chi connectivity index (χ1v) is 5.07. The van der Waals surface area contributed by atoms with E-state index in [2.05, 4.69) is 12.3 Å². The molecule has 1 aliphatic rings. The molecule has 1 rings (SSSR count). The van der Waals surface area contributed by atoms with Crippen LogP contribution in [0.3, 0.4) is 0 Å². The van der Waals surface area contributed by atoms with Crippen molar-refractivity contribution in [2.24, 2.45) is 11.8 Å². The largest absolute Gasteiger partial charge is 0.490 e. The lowest BCUT2D eigenvalue weighted by atomic mass is 10.1. The van der Waals surface area contributed by atoms with Gasteiger partial charge in [-0.1, -0.05) is 13.3 Å². The summed E-state index contributed by atoms with van der Waals surface area (Å²) in [5.74, 6) is 3.48. The van der Waals surface area contributed by atoms with Gasteiger partial charge in [0.25, 0.3) is 0 Å². The lowest BCUT2D eigenvalue weighted by Crippen LogP contribution is -2.32. The van der Waals surface area contributed by atoms with Crippen LogP contribution in [0, 0.1) is 5.92 Å². The highest BCUT2D eigenvalue weighted by molar-refractivity contribution is 5.73. The average molecular weight is 242 g/mol. The summed E-state index contributed by atoms with van der Waals surface area (Å²) in [6, 6.07) is 0.606. The standard InChI is InChI=1S/C7H16N2.C2HF3O2/c1-2-6-3-4-7(5-6)9-8;3-2(4,5)1(6)7/h6-7,9H,2-5,8H2,1H3;(H,6,7). The fourth-order valence-corrected chi connectivity index (χ4v) is 1.60. The molecule has 96 valence electrons. The molecule has 4 N–H and O–H groups in total. The highest BCUT2D eigenvalue weighted by atomic mass is 19.4. The van der Waals surface area contributed by atoms with E-state index in [1.54, 1.807) is 0 Å².